The van der Waals surface area contributed by atoms with Crippen LogP contribution in [0.15, 0.2) is 54.9 Å². The molecule has 0 unspecified atom stereocenters. The number of aromatic nitrogens is 2. The molecule has 1 heterocycles. The fraction of sp³-hybridized carbons (Fsp3) is 0.105. The average molecular weight is 370 g/mol. The predicted molar refractivity (Wildman–Crippen MR) is 96.7 cm³/mol. The predicted octanol–water partition coefficient (Wildman–Crippen LogP) is 3.63. The van der Waals surface area contributed by atoms with Crippen LogP contribution in [0.1, 0.15) is 16.1 Å². The van der Waals surface area contributed by atoms with E-state index in [0.29, 0.717) is 18.4 Å². The Labute approximate surface area is 154 Å². The molecule has 3 rings (SSSR count). The van der Waals surface area contributed by atoms with Crippen LogP contribution in [0.5, 0.6) is 5.75 Å². The van der Waals surface area contributed by atoms with Gasteiger partial charge in [-0.15, -0.1) is 0 Å². The van der Waals surface area contributed by atoms with Crippen LogP contribution in [0.2, 0.25) is 0 Å². The van der Waals surface area contributed by atoms with Gasteiger partial charge in [0.2, 0.25) is 0 Å². The summed E-state index contributed by atoms with van der Waals surface area (Å²) in [6, 6.07) is 10.4. The number of methoxy groups -OCH3 is 1. The van der Waals surface area contributed by atoms with Gasteiger partial charge < -0.3 is 15.4 Å². The molecule has 0 bridgehead atoms. The average Bonchev–Trinajstić information content (AvgIpc) is 2.69. The zero-order chi connectivity index (χ0) is 19.2. The first-order valence-electron chi connectivity index (χ1n) is 8.01. The van der Waals surface area contributed by atoms with E-state index < -0.39 is 17.5 Å². The van der Waals surface area contributed by atoms with Crippen molar-refractivity contribution in [3.8, 4) is 5.75 Å². The van der Waals surface area contributed by atoms with Crippen LogP contribution in [0.25, 0.3) is 0 Å². The summed E-state index contributed by atoms with van der Waals surface area (Å²) in [5, 5.41) is 5.41. The van der Waals surface area contributed by atoms with Crippen molar-refractivity contribution >= 4 is 17.4 Å². The molecular weight excluding hydrogens is 354 g/mol. The molecule has 6 nitrogen and oxygen atoms in total. The van der Waals surface area contributed by atoms with E-state index >= 15 is 0 Å². The van der Waals surface area contributed by atoms with Gasteiger partial charge in [0, 0.05) is 18.2 Å². The first-order chi connectivity index (χ1) is 13.1. The molecule has 0 radical (unpaired) electrons. The SMILES string of the molecule is COc1ccccc1CNc1cnc(C(=O)Nc2ccc(F)cc2F)cn1. The number of anilines is 2. The van der Waals surface area contributed by atoms with Gasteiger partial charge in [-0.2, -0.15) is 0 Å². The zero-order valence-electron chi connectivity index (χ0n) is 14.4. The van der Waals surface area contributed by atoms with Gasteiger partial charge in [0.15, 0.2) is 0 Å². The number of hydrogen-bond donors (Lipinski definition) is 2. The number of nitrogens with one attached hydrogen (secondary N) is 2. The molecule has 0 aliphatic carbocycles. The van der Waals surface area contributed by atoms with Gasteiger partial charge in [-0.05, 0) is 18.2 Å². The standard InChI is InChI=1S/C19H16F2N4O2/c1-27-17-5-3-2-4-12(17)9-23-18-11-22-16(10-24-18)19(26)25-15-7-6-13(20)8-14(15)21/h2-8,10-11H,9H2,1H3,(H,23,24)(H,25,26). The molecule has 2 aromatic carbocycles. The highest BCUT2D eigenvalue weighted by Crippen LogP contribution is 2.18. The molecule has 0 aliphatic rings. The van der Waals surface area contributed by atoms with Crippen molar-refractivity contribution in [2.45, 2.75) is 6.54 Å². The Balaban J connectivity index is 1.63. The number of halogens is 2. The van der Waals surface area contributed by atoms with Gasteiger partial charge in [0.25, 0.3) is 5.91 Å². The quantitative estimate of drug-likeness (QED) is 0.693. The third-order valence-corrected chi connectivity index (χ3v) is 3.72. The third-order valence-electron chi connectivity index (χ3n) is 3.72. The lowest BCUT2D eigenvalue weighted by atomic mass is 10.2. The first kappa shape index (κ1) is 18.2. The van der Waals surface area contributed by atoms with Crippen molar-refractivity contribution in [3.05, 3.63) is 77.8 Å². The number of amides is 1. The van der Waals surface area contributed by atoms with Crippen molar-refractivity contribution in [2.75, 3.05) is 17.7 Å². The largest absolute Gasteiger partial charge is 0.496 e. The summed E-state index contributed by atoms with van der Waals surface area (Å²) >= 11 is 0. The molecule has 1 amide bonds. The molecule has 0 spiro atoms. The van der Waals surface area contributed by atoms with Gasteiger partial charge in [0.1, 0.15) is 28.9 Å². The minimum atomic E-state index is -0.869. The normalized spacial score (nSPS) is 10.3. The Bertz CT molecular complexity index is 949. The van der Waals surface area contributed by atoms with Crippen molar-refractivity contribution < 1.29 is 18.3 Å². The van der Waals surface area contributed by atoms with E-state index in [1.165, 1.54) is 12.4 Å². The van der Waals surface area contributed by atoms with Crippen LogP contribution >= 0.6 is 0 Å². The number of para-hydroxylation sites is 1. The maximum atomic E-state index is 13.6. The van der Waals surface area contributed by atoms with E-state index in [1.807, 2.05) is 24.3 Å². The molecule has 8 heteroatoms. The highest BCUT2D eigenvalue weighted by atomic mass is 19.1. The van der Waals surface area contributed by atoms with Crippen molar-refractivity contribution in [2.24, 2.45) is 0 Å². The lowest BCUT2D eigenvalue weighted by Gasteiger charge is -2.10. The van der Waals surface area contributed by atoms with Crippen LogP contribution in [0.3, 0.4) is 0 Å². The van der Waals surface area contributed by atoms with Crippen molar-refractivity contribution in [3.63, 3.8) is 0 Å². The summed E-state index contributed by atoms with van der Waals surface area (Å²) in [6.07, 6.45) is 2.66. The summed E-state index contributed by atoms with van der Waals surface area (Å²) < 4.78 is 31.8. The van der Waals surface area contributed by atoms with Crippen LogP contribution < -0.4 is 15.4 Å². The number of nitrogens with zero attached hydrogens (tertiary/aromatic N) is 2. The molecule has 27 heavy (non-hydrogen) atoms. The summed E-state index contributed by atoms with van der Waals surface area (Å²) in [6.45, 7) is 0.463. The summed E-state index contributed by atoms with van der Waals surface area (Å²) in [7, 11) is 1.59. The topological polar surface area (TPSA) is 76.1 Å². The molecule has 3 aromatic rings. The highest BCUT2D eigenvalue weighted by molar-refractivity contribution is 6.02. The second-order valence-electron chi connectivity index (χ2n) is 5.53. The number of rotatable bonds is 6. The van der Waals surface area contributed by atoms with E-state index in [9.17, 15) is 13.6 Å². The fourth-order valence-corrected chi connectivity index (χ4v) is 2.35. The monoisotopic (exact) mass is 370 g/mol. The smallest absolute Gasteiger partial charge is 0.275 e. The Morgan fingerprint density at radius 1 is 1.11 bits per heavy atom. The molecule has 0 aliphatic heterocycles. The molecule has 2 N–H and O–H groups in total. The number of benzene rings is 2. The van der Waals surface area contributed by atoms with Gasteiger partial charge in [-0.3, -0.25) is 4.79 Å². The summed E-state index contributed by atoms with van der Waals surface area (Å²) in [5.74, 6) is -1.04. The lowest BCUT2D eigenvalue weighted by molar-refractivity contribution is 0.102. The minimum absolute atomic E-state index is 0.00145. The number of carbonyl (C=O) groups excluding carboxylic acids is 1. The number of ether oxygens (including phenoxy) is 1. The maximum absolute atomic E-state index is 13.6. The van der Waals surface area contributed by atoms with Crippen LogP contribution in [0.4, 0.5) is 20.3 Å². The Morgan fingerprint density at radius 3 is 2.63 bits per heavy atom. The Morgan fingerprint density at radius 2 is 1.93 bits per heavy atom. The van der Waals surface area contributed by atoms with Crippen LogP contribution in [0, 0.1) is 11.6 Å². The molecule has 138 valence electrons. The highest BCUT2D eigenvalue weighted by Gasteiger charge is 2.12. The van der Waals surface area contributed by atoms with Crippen LogP contribution in [-0.4, -0.2) is 23.0 Å². The van der Waals surface area contributed by atoms with Gasteiger partial charge in [0.05, 0.1) is 25.2 Å². The number of hydrogen-bond acceptors (Lipinski definition) is 5. The molecule has 0 saturated heterocycles. The van der Waals surface area contributed by atoms with E-state index in [4.69, 9.17) is 4.74 Å². The number of carbonyl (C=O) groups is 1. The molecule has 0 fully saturated rings. The third kappa shape index (κ3) is 4.55. The van der Waals surface area contributed by atoms with Crippen molar-refractivity contribution in [1.29, 1.82) is 0 Å². The van der Waals surface area contributed by atoms with E-state index in [0.717, 1.165) is 23.4 Å². The lowest BCUT2D eigenvalue weighted by Crippen LogP contribution is -2.15. The van der Waals surface area contributed by atoms with Crippen molar-refractivity contribution in [1.82, 2.24) is 9.97 Å². The van der Waals surface area contributed by atoms with E-state index in [-0.39, 0.29) is 11.4 Å². The first-order valence-corrected chi connectivity index (χ1v) is 8.01. The van der Waals surface area contributed by atoms with Gasteiger partial charge in [-0.25, -0.2) is 18.7 Å². The molecule has 1 aromatic heterocycles. The second kappa shape index (κ2) is 8.22. The van der Waals surface area contributed by atoms with Gasteiger partial charge >= 0.3 is 0 Å². The Kier molecular flexibility index (Phi) is 5.55. The minimum Gasteiger partial charge on any atom is -0.496 e. The Hall–Kier alpha value is -3.55. The van der Waals surface area contributed by atoms with E-state index in [2.05, 4.69) is 20.6 Å². The summed E-state index contributed by atoms with van der Waals surface area (Å²) in [4.78, 5) is 20.2. The molecule has 0 atom stereocenters. The summed E-state index contributed by atoms with van der Waals surface area (Å²) in [5.41, 5.74) is 0.804. The zero-order valence-corrected chi connectivity index (χ0v) is 14.4. The van der Waals surface area contributed by atoms with Crippen LogP contribution in [-0.2, 0) is 6.54 Å². The maximum Gasteiger partial charge on any atom is 0.275 e. The molecular formula is C19H16F2N4O2. The van der Waals surface area contributed by atoms with E-state index in [1.54, 1.807) is 7.11 Å². The second-order valence-corrected chi connectivity index (χ2v) is 5.53. The fourth-order valence-electron chi connectivity index (χ4n) is 2.35. The molecule has 0 saturated carbocycles. The van der Waals surface area contributed by atoms with Gasteiger partial charge in [-0.1, -0.05) is 18.2 Å².